The lowest BCUT2D eigenvalue weighted by Gasteiger charge is -2.22. The smallest absolute Gasteiger partial charge is 0.272 e. The number of benzene rings is 1. The summed E-state index contributed by atoms with van der Waals surface area (Å²) >= 11 is 0. The van der Waals surface area contributed by atoms with E-state index in [9.17, 15) is 9.59 Å². The number of ether oxygens (including phenoxy) is 1. The van der Waals surface area contributed by atoms with Crippen LogP contribution < -0.4 is 20.9 Å². The van der Waals surface area contributed by atoms with Crippen LogP contribution in [0.2, 0.25) is 0 Å². The summed E-state index contributed by atoms with van der Waals surface area (Å²) in [6.45, 7) is 8.40. The monoisotopic (exact) mass is 287 g/mol. The third-order valence-corrected chi connectivity index (χ3v) is 3.69. The lowest BCUT2D eigenvalue weighted by Crippen LogP contribution is -2.34. The van der Waals surface area contributed by atoms with Crippen LogP contribution in [0.15, 0.2) is 27.8 Å². The van der Waals surface area contributed by atoms with E-state index < -0.39 is 10.9 Å². The van der Waals surface area contributed by atoms with Crippen molar-refractivity contribution in [1.29, 1.82) is 0 Å². The van der Waals surface area contributed by atoms with Crippen LogP contribution in [0.3, 0.4) is 0 Å². The van der Waals surface area contributed by atoms with Gasteiger partial charge in [-0.2, -0.15) is 0 Å². The van der Waals surface area contributed by atoms with Crippen LogP contribution in [0.1, 0.15) is 50.7 Å². The molecule has 2 rings (SSSR count). The molecule has 112 valence electrons. The second-order valence-corrected chi connectivity index (χ2v) is 5.81. The Morgan fingerprint density at radius 3 is 1.86 bits per heavy atom. The maximum Gasteiger partial charge on any atom is 0.272 e. The van der Waals surface area contributed by atoms with Crippen molar-refractivity contribution in [2.75, 3.05) is 12.4 Å². The van der Waals surface area contributed by atoms with Crippen molar-refractivity contribution in [2.45, 2.75) is 39.5 Å². The average molecular weight is 287 g/mol. The van der Waals surface area contributed by atoms with Crippen LogP contribution in [0.25, 0.3) is 0 Å². The Labute approximate surface area is 124 Å². The van der Waals surface area contributed by atoms with E-state index >= 15 is 0 Å². The maximum absolute atomic E-state index is 11.7. The standard InChI is InChI=1S/C17H21NO3/c1-9(2)11-7-6-8-12(10(3)4)13(11)18-14-15(19)16(20)17(14)21-5/h6-10,18H,1-5H3. The first-order chi connectivity index (χ1) is 9.88. The van der Waals surface area contributed by atoms with E-state index in [4.69, 9.17) is 4.74 Å². The van der Waals surface area contributed by atoms with Crippen LogP contribution in [-0.2, 0) is 0 Å². The zero-order chi connectivity index (χ0) is 15.7. The van der Waals surface area contributed by atoms with Gasteiger partial charge in [-0.1, -0.05) is 45.9 Å². The van der Waals surface area contributed by atoms with Crippen molar-refractivity contribution >= 4 is 11.4 Å². The average Bonchev–Trinajstić information content (AvgIpc) is 2.45. The van der Waals surface area contributed by atoms with Crippen LogP contribution in [0, 0.1) is 0 Å². The van der Waals surface area contributed by atoms with Gasteiger partial charge in [-0.05, 0) is 23.0 Å². The Bertz CT molecular complexity index is 696. The summed E-state index contributed by atoms with van der Waals surface area (Å²) in [5.41, 5.74) is 2.34. The molecule has 0 spiro atoms. The highest BCUT2D eigenvalue weighted by Crippen LogP contribution is 2.35. The van der Waals surface area contributed by atoms with E-state index in [2.05, 4.69) is 33.0 Å². The highest BCUT2D eigenvalue weighted by Gasteiger charge is 2.24. The summed E-state index contributed by atoms with van der Waals surface area (Å²) in [6.07, 6.45) is 0. The first-order valence-electron chi connectivity index (χ1n) is 7.15. The molecule has 0 unspecified atom stereocenters. The Morgan fingerprint density at radius 2 is 1.43 bits per heavy atom. The van der Waals surface area contributed by atoms with Gasteiger partial charge in [-0.15, -0.1) is 0 Å². The molecular formula is C17H21NO3. The number of hydrogen-bond acceptors (Lipinski definition) is 4. The molecule has 0 amide bonds. The summed E-state index contributed by atoms with van der Waals surface area (Å²) < 4.78 is 5.00. The molecular weight excluding hydrogens is 266 g/mol. The highest BCUT2D eigenvalue weighted by molar-refractivity contribution is 5.74. The predicted molar refractivity (Wildman–Crippen MR) is 85.8 cm³/mol. The first kappa shape index (κ1) is 15.3. The Kier molecular flexibility index (Phi) is 4.16. The highest BCUT2D eigenvalue weighted by atomic mass is 16.5. The van der Waals surface area contributed by atoms with Crippen LogP contribution in [-0.4, -0.2) is 7.11 Å². The molecule has 21 heavy (non-hydrogen) atoms. The summed E-state index contributed by atoms with van der Waals surface area (Å²) in [4.78, 5) is 23.2. The van der Waals surface area contributed by atoms with Crippen molar-refractivity contribution in [1.82, 2.24) is 0 Å². The summed E-state index contributed by atoms with van der Waals surface area (Å²) in [5, 5.41) is 3.14. The zero-order valence-corrected chi connectivity index (χ0v) is 13.1. The van der Waals surface area contributed by atoms with Gasteiger partial charge in [-0.3, -0.25) is 9.59 Å². The topological polar surface area (TPSA) is 55.4 Å². The van der Waals surface area contributed by atoms with Crippen molar-refractivity contribution < 1.29 is 4.74 Å². The molecule has 0 bridgehead atoms. The van der Waals surface area contributed by atoms with Crippen LogP contribution >= 0.6 is 0 Å². The van der Waals surface area contributed by atoms with Gasteiger partial charge in [0, 0.05) is 5.69 Å². The predicted octanol–water partition coefficient (Wildman–Crippen LogP) is 3.28. The summed E-state index contributed by atoms with van der Waals surface area (Å²) in [5.74, 6) is 0.737. The second kappa shape index (κ2) is 5.72. The number of nitrogens with one attached hydrogen (secondary N) is 1. The lowest BCUT2D eigenvalue weighted by atomic mass is 9.92. The molecule has 0 saturated carbocycles. The van der Waals surface area contributed by atoms with Crippen LogP contribution in [0.5, 0.6) is 5.75 Å². The SMILES string of the molecule is COc1c(Nc2c(C(C)C)cccc2C(C)C)c(=O)c1=O. The molecule has 0 aliphatic carbocycles. The molecule has 0 radical (unpaired) electrons. The summed E-state index contributed by atoms with van der Waals surface area (Å²) in [6, 6.07) is 6.10. The van der Waals surface area contributed by atoms with E-state index in [1.807, 2.05) is 18.2 Å². The Balaban J connectivity index is 2.55. The molecule has 0 atom stereocenters. The van der Waals surface area contributed by atoms with Gasteiger partial charge < -0.3 is 10.1 Å². The molecule has 0 saturated heterocycles. The van der Waals surface area contributed by atoms with Gasteiger partial charge in [0.15, 0.2) is 5.75 Å². The first-order valence-corrected chi connectivity index (χ1v) is 7.15. The van der Waals surface area contributed by atoms with Gasteiger partial charge >= 0.3 is 0 Å². The van der Waals surface area contributed by atoms with Crippen LogP contribution in [0.4, 0.5) is 11.4 Å². The fourth-order valence-corrected chi connectivity index (χ4v) is 2.50. The number of methoxy groups -OCH3 is 1. The second-order valence-electron chi connectivity index (χ2n) is 5.81. The van der Waals surface area contributed by atoms with Gasteiger partial charge in [0.25, 0.3) is 10.9 Å². The zero-order valence-electron chi connectivity index (χ0n) is 13.1. The van der Waals surface area contributed by atoms with E-state index in [0.29, 0.717) is 11.8 Å². The largest absolute Gasteiger partial charge is 0.491 e. The fourth-order valence-electron chi connectivity index (χ4n) is 2.50. The van der Waals surface area contributed by atoms with Gasteiger partial charge in [0.2, 0.25) is 0 Å². The maximum atomic E-state index is 11.7. The number of hydrogen-bond donors (Lipinski definition) is 1. The Hall–Kier alpha value is -2.10. The van der Waals surface area contributed by atoms with E-state index in [-0.39, 0.29) is 11.4 Å². The molecule has 1 N–H and O–H groups in total. The van der Waals surface area contributed by atoms with E-state index in [0.717, 1.165) is 16.8 Å². The third kappa shape index (κ3) is 2.58. The number of anilines is 2. The minimum absolute atomic E-state index is 0.119. The molecule has 0 aliphatic heterocycles. The number of para-hydroxylation sites is 1. The normalized spacial score (nSPS) is 11.4. The van der Waals surface area contributed by atoms with Gasteiger partial charge in [-0.25, -0.2) is 0 Å². The molecule has 0 aromatic heterocycles. The minimum Gasteiger partial charge on any atom is -0.491 e. The molecule has 4 heteroatoms. The molecule has 0 aliphatic rings. The van der Waals surface area contributed by atoms with E-state index in [1.54, 1.807) is 0 Å². The minimum atomic E-state index is -0.562. The third-order valence-electron chi connectivity index (χ3n) is 3.69. The number of rotatable bonds is 5. The molecule has 4 nitrogen and oxygen atoms in total. The Morgan fingerprint density at radius 1 is 0.905 bits per heavy atom. The molecule has 2 aromatic rings. The quantitative estimate of drug-likeness (QED) is 0.857. The van der Waals surface area contributed by atoms with Crippen molar-refractivity contribution in [3.8, 4) is 5.75 Å². The van der Waals surface area contributed by atoms with E-state index in [1.165, 1.54) is 7.11 Å². The molecule has 0 heterocycles. The summed E-state index contributed by atoms with van der Waals surface area (Å²) in [7, 11) is 1.40. The molecule has 2 aromatic carbocycles. The van der Waals surface area contributed by atoms with Gasteiger partial charge in [0.1, 0.15) is 5.69 Å². The lowest BCUT2D eigenvalue weighted by molar-refractivity contribution is 0.408. The van der Waals surface area contributed by atoms with Gasteiger partial charge in [0.05, 0.1) is 7.11 Å². The fraction of sp³-hybridized carbons (Fsp3) is 0.412. The van der Waals surface area contributed by atoms with Crippen molar-refractivity contribution in [2.24, 2.45) is 0 Å². The van der Waals surface area contributed by atoms with Crippen molar-refractivity contribution in [3.05, 3.63) is 49.8 Å². The van der Waals surface area contributed by atoms with Crippen molar-refractivity contribution in [3.63, 3.8) is 0 Å². The molecule has 0 fully saturated rings.